The SMILES string of the molecule is CCOC(=O)c1ccc(N2CCN(Cc3ccccc3)CC2)c(NC(=O)c2cc(Br)cc(Br)c2I)c1. The summed E-state index contributed by atoms with van der Waals surface area (Å²) < 4.78 is 7.64. The van der Waals surface area contributed by atoms with E-state index in [4.69, 9.17) is 4.74 Å². The molecule has 3 aromatic rings. The zero-order chi connectivity index (χ0) is 25.7. The first-order chi connectivity index (χ1) is 17.4. The minimum Gasteiger partial charge on any atom is -0.462 e. The topological polar surface area (TPSA) is 61.9 Å². The van der Waals surface area contributed by atoms with Gasteiger partial charge in [-0.05, 0) is 81.3 Å². The van der Waals surface area contributed by atoms with E-state index >= 15 is 0 Å². The molecule has 0 saturated carbocycles. The van der Waals surface area contributed by atoms with Gasteiger partial charge in [0.25, 0.3) is 5.91 Å². The first kappa shape index (κ1) is 27.1. The van der Waals surface area contributed by atoms with Crippen LogP contribution in [-0.2, 0) is 11.3 Å². The summed E-state index contributed by atoms with van der Waals surface area (Å²) in [5, 5.41) is 3.06. The predicted molar refractivity (Wildman–Crippen MR) is 159 cm³/mol. The third kappa shape index (κ3) is 6.67. The Hall–Kier alpha value is -1.95. The summed E-state index contributed by atoms with van der Waals surface area (Å²) in [4.78, 5) is 30.5. The lowest BCUT2D eigenvalue weighted by Gasteiger charge is -2.37. The fraction of sp³-hybridized carbons (Fsp3) is 0.259. The molecule has 1 heterocycles. The molecule has 0 spiro atoms. The highest BCUT2D eigenvalue weighted by Crippen LogP contribution is 2.32. The molecule has 1 saturated heterocycles. The van der Waals surface area contributed by atoms with Crippen molar-refractivity contribution in [1.82, 2.24) is 4.90 Å². The minimum atomic E-state index is -0.410. The summed E-state index contributed by atoms with van der Waals surface area (Å²) in [5.41, 5.74) is 3.72. The zero-order valence-corrected chi connectivity index (χ0v) is 25.1. The van der Waals surface area contributed by atoms with Crippen LogP contribution in [0.3, 0.4) is 0 Å². The second kappa shape index (κ2) is 12.5. The third-order valence-corrected chi connectivity index (χ3v) is 8.94. The fourth-order valence-corrected chi connectivity index (χ4v) is 5.93. The van der Waals surface area contributed by atoms with Crippen molar-refractivity contribution in [2.24, 2.45) is 0 Å². The van der Waals surface area contributed by atoms with Crippen molar-refractivity contribution >= 4 is 77.7 Å². The molecule has 188 valence electrons. The number of rotatable bonds is 7. The first-order valence-corrected chi connectivity index (χ1v) is 14.3. The van der Waals surface area contributed by atoms with E-state index in [1.54, 1.807) is 25.1 Å². The number of halogens is 3. The van der Waals surface area contributed by atoms with Crippen molar-refractivity contribution in [2.45, 2.75) is 13.5 Å². The molecule has 1 aliphatic heterocycles. The van der Waals surface area contributed by atoms with E-state index in [0.717, 1.165) is 50.9 Å². The van der Waals surface area contributed by atoms with Crippen LogP contribution in [-0.4, -0.2) is 49.6 Å². The quantitative estimate of drug-likeness (QED) is 0.170. The van der Waals surface area contributed by atoms with Crippen molar-refractivity contribution in [1.29, 1.82) is 0 Å². The number of ether oxygens (including phenoxy) is 1. The molecule has 0 radical (unpaired) electrons. The van der Waals surface area contributed by atoms with Gasteiger partial charge >= 0.3 is 5.97 Å². The van der Waals surface area contributed by atoms with Crippen molar-refractivity contribution in [3.8, 4) is 0 Å². The summed E-state index contributed by atoms with van der Waals surface area (Å²) in [5.74, 6) is -0.654. The summed E-state index contributed by atoms with van der Waals surface area (Å²) in [6.45, 7) is 6.41. The van der Waals surface area contributed by atoms with E-state index in [0.29, 0.717) is 16.8 Å². The number of amides is 1. The maximum Gasteiger partial charge on any atom is 0.338 e. The minimum absolute atomic E-state index is 0.244. The Morgan fingerprint density at radius 2 is 1.72 bits per heavy atom. The van der Waals surface area contributed by atoms with Crippen LogP contribution in [0.15, 0.2) is 69.6 Å². The normalized spacial score (nSPS) is 13.9. The van der Waals surface area contributed by atoms with Gasteiger partial charge in [-0.1, -0.05) is 46.3 Å². The molecule has 0 unspecified atom stereocenters. The molecule has 6 nitrogen and oxygen atoms in total. The number of hydrogen-bond acceptors (Lipinski definition) is 5. The molecular weight excluding hydrogens is 701 g/mol. The summed E-state index contributed by atoms with van der Waals surface area (Å²) in [6, 6.07) is 19.5. The largest absolute Gasteiger partial charge is 0.462 e. The highest BCUT2D eigenvalue weighted by Gasteiger charge is 2.23. The van der Waals surface area contributed by atoms with E-state index in [2.05, 4.69) is 93.8 Å². The highest BCUT2D eigenvalue weighted by molar-refractivity contribution is 14.1. The molecule has 3 aromatic carbocycles. The lowest BCUT2D eigenvalue weighted by Crippen LogP contribution is -2.46. The second-order valence-corrected chi connectivity index (χ2v) is 11.3. The van der Waals surface area contributed by atoms with E-state index < -0.39 is 5.97 Å². The van der Waals surface area contributed by atoms with Crippen LogP contribution in [0.2, 0.25) is 0 Å². The monoisotopic (exact) mass is 725 g/mol. The van der Waals surface area contributed by atoms with Crippen molar-refractivity contribution in [2.75, 3.05) is 43.0 Å². The van der Waals surface area contributed by atoms with Crippen LogP contribution in [0.25, 0.3) is 0 Å². The van der Waals surface area contributed by atoms with Crippen molar-refractivity contribution in [3.63, 3.8) is 0 Å². The van der Waals surface area contributed by atoms with Gasteiger partial charge in [-0.25, -0.2) is 4.79 Å². The van der Waals surface area contributed by atoms with E-state index in [9.17, 15) is 9.59 Å². The molecule has 4 rings (SSSR count). The molecule has 9 heteroatoms. The number of nitrogens with one attached hydrogen (secondary N) is 1. The molecule has 36 heavy (non-hydrogen) atoms. The Balaban J connectivity index is 1.57. The number of benzene rings is 3. The Morgan fingerprint density at radius 1 is 1.00 bits per heavy atom. The van der Waals surface area contributed by atoms with Gasteiger partial charge in [0.2, 0.25) is 0 Å². The van der Waals surface area contributed by atoms with Gasteiger partial charge in [0.05, 0.1) is 29.1 Å². The standard InChI is InChI=1S/C27H26Br2IN3O3/c1-2-36-27(35)19-8-9-24(33-12-10-32(11-13-33)17-18-6-4-3-5-7-18)23(14-19)31-26(34)21-15-20(28)16-22(29)25(21)30/h3-9,14-16H,2,10-13,17H2,1H3,(H,31,34). The van der Waals surface area contributed by atoms with Crippen molar-refractivity contribution < 1.29 is 14.3 Å². The van der Waals surface area contributed by atoms with Gasteiger partial charge in [0.1, 0.15) is 0 Å². The Labute approximate surface area is 241 Å². The predicted octanol–water partition coefficient (Wildman–Crippen LogP) is 6.57. The number of carbonyl (C=O) groups excluding carboxylic acids is 2. The fourth-order valence-electron chi connectivity index (χ4n) is 4.15. The molecule has 1 aliphatic rings. The molecule has 0 bridgehead atoms. The number of carbonyl (C=O) groups is 2. The van der Waals surface area contributed by atoms with Crippen LogP contribution in [0, 0.1) is 3.57 Å². The van der Waals surface area contributed by atoms with Crippen LogP contribution >= 0.6 is 54.5 Å². The van der Waals surface area contributed by atoms with Crippen LogP contribution < -0.4 is 10.2 Å². The maximum absolute atomic E-state index is 13.3. The molecule has 1 amide bonds. The van der Waals surface area contributed by atoms with Crippen LogP contribution in [0.1, 0.15) is 33.2 Å². The lowest BCUT2D eigenvalue weighted by molar-refractivity contribution is 0.0526. The van der Waals surface area contributed by atoms with Gasteiger partial charge in [-0.2, -0.15) is 0 Å². The molecule has 0 atom stereocenters. The van der Waals surface area contributed by atoms with Gasteiger partial charge in [0, 0.05) is 45.2 Å². The Bertz CT molecular complexity index is 1250. The van der Waals surface area contributed by atoms with Crippen LogP contribution in [0.5, 0.6) is 0 Å². The van der Waals surface area contributed by atoms with Gasteiger partial charge in [-0.15, -0.1) is 0 Å². The maximum atomic E-state index is 13.3. The molecule has 0 aliphatic carbocycles. The number of piperazine rings is 1. The number of nitrogens with zero attached hydrogens (tertiary/aromatic N) is 2. The molecule has 1 fully saturated rings. The molecule has 1 N–H and O–H groups in total. The van der Waals surface area contributed by atoms with E-state index in [1.807, 2.05) is 18.2 Å². The smallest absolute Gasteiger partial charge is 0.338 e. The molecule has 0 aromatic heterocycles. The second-order valence-electron chi connectivity index (χ2n) is 8.40. The van der Waals surface area contributed by atoms with E-state index in [1.165, 1.54) is 5.56 Å². The highest BCUT2D eigenvalue weighted by atomic mass is 127. The Kier molecular flexibility index (Phi) is 9.43. The summed E-state index contributed by atoms with van der Waals surface area (Å²) in [6.07, 6.45) is 0. The van der Waals surface area contributed by atoms with Gasteiger partial charge in [-0.3, -0.25) is 9.69 Å². The lowest BCUT2D eigenvalue weighted by atomic mass is 10.1. The number of hydrogen-bond donors (Lipinski definition) is 1. The summed E-state index contributed by atoms with van der Waals surface area (Å²) in [7, 11) is 0. The Morgan fingerprint density at radius 3 is 2.42 bits per heavy atom. The third-order valence-electron chi connectivity index (χ3n) is 5.96. The van der Waals surface area contributed by atoms with Crippen LogP contribution in [0.4, 0.5) is 11.4 Å². The van der Waals surface area contributed by atoms with E-state index in [-0.39, 0.29) is 12.5 Å². The average molecular weight is 727 g/mol. The number of anilines is 2. The number of esters is 1. The van der Waals surface area contributed by atoms with Gasteiger partial charge in [0.15, 0.2) is 0 Å². The average Bonchev–Trinajstić information content (AvgIpc) is 2.87. The molecular formula is C27H26Br2IN3O3. The van der Waals surface area contributed by atoms with Gasteiger partial charge < -0.3 is 15.0 Å². The first-order valence-electron chi connectivity index (χ1n) is 11.6. The zero-order valence-electron chi connectivity index (χ0n) is 19.8. The summed E-state index contributed by atoms with van der Waals surface area (Å²) >= 11 is 9.13. The van der Waals surface area contributed by atoms with Crippen molar-refractivity contribution in [3.05, 3.63) is 89.9 Å².